The molecule has 1 aromatic rings. The fourth-order valence-electron chi connectivity index (χ4n) is 2.84. The van der Waals surface area contributed by atoms with Crippen molar-refractivity contribution in [2.24, 2.45) is 0 Å². The molecule has 0 saturated carbocycles. The molecule has 1 fully saturated rings. The topological polar surface area (TPSA) is 96.0 Å². The first-order valence-corrected chi connectivity index (χ1v) is 10.8. The zero-order valence-electron chi connectivity index (χ0n) is 14.7. The summed E-state index contributed by atoms with van der Waals surface area (Å²) in [6.07, 6.45) is 0.768. The molecule has 0 radical (unpaired) electrons. The molecule has 0 bridgehead atoms. The Hall–Kier alpha value is -1.04. The molecule has 0 spiro atoms. The van der Waals surface area contributed by atoms with Crippen LogP contribution in [0.4, 0.5) is 0 Å². The third-order valence-electron chi connectivity index (χ3n) is 4.30. The molecule has 0 amide bonds. The van der Waals surface area contributed by atoms with Gasteiger partial charge in [0.1, 0.15) is 0 Å². The standard InChI is InChI=1S/C15H25N3O5S2/c1-17(2)25(21,22)18-11-9-15(13-18,10-12-23-3)16-24(19,20)14-7-5-4-6-8-14/h4-8,16H,9-13H2,1-3H3. The number of hydrogen-bond donors (Lipinski definition) is 1. The Morgan fingerprint density at radius 3 is 2.40 bits per heavy atom. The van der Waals surface area contributed by atoms with Gasteiger partial charge >= 0.3 is 0 Å². The van der Waals surface area contributed by atoms with Crippen LogP contribution in [-0.2, 0) is 25.0 Å². The van der Waals surface area contributed by atoms with E-state index in [2.05, 4.69) is 4.72 Å². The smallest absolute Gasteiger partial charge is 0.281 e. The lowest BCUT2D eigenvalue weighted by Gasteiger charge is -2.30. The second-order valence-electron chi connectivity index (χ2n) is 6.32. The van der Waals surface area contributed by atoms with Crippen molar-refractivity contribution in [1.29, 1.82) is 0 Å². The molecule has 0 aliphatic carbocycles. The van der Waals surface area contributed by atoms with Gasteiger partial charge in [-0.05, 0) is 25.0 Å². The van der Waals surface area contributed by atoms with E-state index in [0.717, 1.165) is 4.31 Å². The van der Waals surface area contributed by atoms with E-state index in [1.807, 2.05) is 0 Å². The van der Waals surface area contributed by atoms with Gasteiger partial charge in [-0.3, -0.25) is 0 Å². The van der Waals surface area contributed by atoms with E-state index in [1.54, 1.807) is 18.2 Å². The monoisotopic (exact) mass is 391 g/mol. The maximum Gasteiger partial charge on any atom is 0.281 e. The van der Waals surface area contributed by atoms with Gasteiger partial charge in [0.05, 0.1) is 10.4 Å². The molecular weight excluding hydrogens is 366 g/mol. The van der Waals surface area contributed by atoms with Crippen LogP contribution in [0.3, 0.4) is 0 Å². The minimum Gasteiger partial charge on any atom is -0.385 e. The van der Waals surface area contributed by atoms with Gasteiger partial charge in [-0.2, -0.15) is 17.0 Å². The summed E-state index contributed by atoms with van der Waals surface area (Å²) in [5.41, 5.74) is -0.895. The number of sulfonamides is 1. The highest BCUT2D eigenvalue weighted by Gasteiger charge is 2.45. The lowest BCUT2D eigenvalue weighted by Crippen LogP contribution is -2.52. The predicted octanol–water partition coefficient (Wildman–Crippen LogP) is 0.252. The fraction of sp³-hybridized carbons (Fsp3) is 0.600. The maximum absolute atomic E-state index is 12.7. The van der Waals surface area contributed by atoms with Crippen molar-refractivity contribution in [1.82, 2.24) is 13.3 Å². The summed E-state index contributed by atoms with van der Waals surface area (Å²) >= 11 is 0. The first kappa shape index (κ1) is 20.3. The molecule has 142 valence electrons. The molecule has 8 nitrogen and oxygen atoms in total. The van der Waals surface area contributed by atoms with Gasteiger partial charge < -0.3 is 4.74 Å². The average molecular weight is 392 g/mol. The lowest BCUT2D eigenvalue weighted by atomic mass is 9.96. The molecule has 1 aliphatic heterocycles. The lowest BCUT2D eigenvalue weighted by molar-refractivity contribution is 0.165. The van der Waals surface area contributed by atoms with Gasteiger partial charge in [0, 0.05) is 40.9 Å². The van der Waals surface area contributed by atoms with Crippen LogP contribution in [-0.4, -0.2) is 71.9 Å². The Morgan fingerprint density at radius 1 is 1.20 bits per heavy atom. The zero-order chi connectivity index (χ0) is 18.7. The van der Waals surface area contributed by atoms with Gasteiger partial charge in [-0.25, -0.2) is 13.1 Å². The van der Waals surface area contributed by atoms with Crippen molar-refractivity contribution < 1.29 is 21.6 Å². The number of nitrogens with one attached hydrogen (secondary N) is 1. The summed E-state index contributed by atoms with van der Waals surface area (Å²) in [6.45, 7) is 0.650. The largest absolute Gasteiger partial charge is 0.385 e. The molecule has 25 heavy (non-hydrogen) atoms. The summed E-state index contributed by atoms with van der Waals surface area (Å²) < 4.78 is 60.4. The van der Waals surface area contributed by atoms with Crippen molar-refractivity contribution in [2.45, 2.75) is 23.3 Å². The molecule has 1 atom stereocenters. The number of benzene rings is 1. The van der Waals surface area contributed by atoms with Crippen LogP contribution in [0.5, 0.6) is 0 Å². The van der Waals surface area contributed by atoms with Crippen molar-refractivity contribution in [2.75, 3.05) is 40.9 Å². The predicted molar refractivity (Wildman–Crippen MR) is 94.8 cm³/mol. The van der Waals surface area contributed by atoms with E-state index >= 15 is 0 Å². The SMILES string of the molecule is COCCC1(NS(=O)(=O)c2ccccc2)CCN(S(=O)(=O)N(C)C)C1. The summed E-state index contributed by atoms with van der Waals surface area (Å²) in [6, 6.07) is 8.05. The molecule has 10 heteroatoms. The Balaban J connectivity index is 2.28. The second-order valence-corrected chi connectivity index (χ2v) is 10.1. The fourth-order valence-corrected chi connectivity index (χ4v) is 5.51. The number of methoxy groups -OCH3 is 1. The highest BCUT2D eigenvalue weighted by Crippen LogP contribution is 2.29. The van der Waals surface area contributed by atoms with Crippen LogP contribution in [0.1, 0.15) is 12.8 Å². The van der Waals surface area contributed by atoms with Gasteiger partial charge in [0.2, 0.25) is 10.0 Å². The zero-order valence-corrected chi connectivity index (χ0v) is 16.3. The Morgan fingerprint density at radius 2 is 1.84 bits per heavy atom. The third kappa shape index (κ3) is 4.57. The van der Waals surface area contributed by atoms with E-state index in [1.165, 1.54) is 37.6 Å². The minimum atomic E-state index is -3.76. The van der Waals surface area contributed by atoms with Gasteiger partial charge in [-0.15, -0.1) is 0 Å². The summed E-state index contributed by atoms with van der Waals surface area (Å²) in [7, 11) is -2.92. The third-order valence-corrected chi connectivity index (χ3v) is 7.78. The van der Waals surface area contributed by atoms with Crippen LogP contribution in [0.15, 0.2) is 35.2 Å². The minimum absolute atomic E-state index is 0.0724. The van der Waals surface area contributed by atoms with Crippen LogP contribution >= 0.6 is 0 Å². The average Bonchev–Trinajstić information content (AvgIpc) is 2.98. The van der Waals surface area contributed by atoms with Crippen molar-refractivity contribution in [3.8, 4) is 0 Å². The first-order valence-electron chi connectivity index (χ1n) is 7.89. The van der Waals surface area contributed by atoms with Crippen LogP contribution in [0, 0.1) is 0 Å². The summed E-state index contributed by atoms with van der Waals surface area (Å²) in [5.74, 6) is 0. The van der Waals surface area contributed by atoms with E-state index in [-0.39, 0.29) is 18.0 Å². The number of hydrogen-bond acceptors (Lipinski definition) is 5. The molecular formula is C15H25N3O5S2. The molecule has 2 rings (SSSR count). The molecule has 1 aliphatic rings. The van der Waals surface area contributed by atoms with Gasteiger partial charge in [-0.1, -0.05) is 18.2 Å². The quantitative estimate of drug-likeness (QED) is 0.685. The highest BCUT2D eigenvalue weighted by atomic mass is 32.2. The maximum atomic E-state index is 12.7. The summed E-state index contributed by atoms with van der Waals surface area (Å²) in [5, 5.41) is 0. The van der Waals surface area contributed by atoms with Crippen molar-refractivity contribution >= 4 is 20.2 Å². The molecule has 1 N–H and O–H groups in total. The molecule has 1 aromatic carbocycles. The number of rotatable bonds is 8. The first-order chi connectivity index (χ1) is 11.6. The van der Waals surface area contributed by atoms with Crippen LogP contribution in [0.2, 0.25) is 0 Å². The van der Waals surface area contributed by atoms with E-state index < -0.39 is 25.8 Å². The van der Waals surface area contributed by atoms with Gasteiger partial charge in [0.25, 0.3) is 10.2 Å². The van der Waals surface area contributed by atoms with Gasteiger partial charge in [0.15, 0.2) is 0 Å². The van der Waals surface area contributed by atoms with Crippen molar-refractivity contribution in [3.05, 3.63) is 30.3 Å². The normalized spacial score (nSPS) is 22.6. The number of nitrogens with zero attached hydrogens (tertiary/aromatic N) is 2. The Kier molecular flexibility index (Phi) is 6.23. The molecule has 1 saturated heterocycles. The van der Waals surface area contributed by atoms with Crippen LogP contribution < -0.4 is 4.72 Å². The van der Waals surface area contributed by atoms with Crippen molar-refractivity contribution in [3.63, 3.8) is 0 Å². The Labute approximate surface area is 150 Å². The van der Waals surface area contributed by atoms with E-state index in [0.29, 0.717) is 19.4 Å². The van der Waals surface area contributed by atoms with Crippen LogP contribution in [0.25, 0.3) is 0 Å². The van der Waals surface area contributed by atoms with E-state index in [9.17, 15) is 16.8 Å². The highest BCUT2D eigenvalue weighted by molar-refractivity contribution is 7.89. The molecule has 1 unspecified atom stereocenters. The number of ether oxygens (including phenoxy) is 1. The molecule has 0 aromatic heterocycles. The summed E-state index contributed by atoms with van der Waals surface area (Å²) in [4.78, 5) is 0.153. The second kappa shape index (κ2) is 7.68. The Bertz CT molecular complexity index is 781. The molecule has 1 heterocycles. The van der Waals surface area contributed by atoms with E-state index in [4.69, 9.17) is 4.74 Å².